The summed E-state index contributed by atoms with van der Waals surface area (Å²) in [5.41, 5.74) is 9.76. The number of nitrogens with zero attached hydrogens (tertiary/aromatic N) is 2. The van der Waals surface area contributed by atoms with Crippen LogP contribution >= 0.6 is 0 Å². The van der Waals surface area contributed by atoms with Crippen molar-refractivity contribution in [2.75, 3.05) is 6.61 Å². The molecule has 6 heteroatoms. The number of fused-ring (bicyclic) bond motifs is 8. The Morgan fingerprint density at radius 2 is 1.33 bits per heavy atom. The molecular weight excluding hydrogens is 496 g/mol. The van der Waals surface area contributed by atoms with Crippen molar-refractivity contribution in [3.8, 4) is 16.9 Å². The van der Waals surface area contributed by atoms with Gasteiger partial charge in [0, 0.05) is 50.3 Å². The van der Waals surface area contributed by atoms with E-state index in [9.17, 15) is 0 Å². The molecule has 0 fully saturated rings. The number of hydrogen-bond acceptors (Lipinski definition) is 3. The third-order valence-corrected chi connectivity index (χ3v) is 6.10. The minimum atomic E-state index is 0. The first kappa shape index (κ1) is 23.9. The van der Waals surface area contributed by atoms with Gasteiger partial charge in [0.25, 0.3) is 0 Å². The first-order chi connectivity index (χ1) is 17.2. The van der Waals surface area contributed by atoms with Gasteiger partial charge in [-0.2, -0.15) is 0 Å². The van der Waals surface area contributed by atoms with Gasteiger partial charge in [0.1, 0.15) is 5.75 Å². The molecular formula is C30H26CuN4O. The molecule has 6 rings (SSSR count). The molecule has 2 aliphatic heterocycles. The molecule has 0 saturated carbocycles. The minimum Gasteiger partial charge on any atom is -0.493 e. The Kier molecular flexibility index (Phi) is 6.90. The van der Waals surface area contributed by atoms with E-state index in [0.717, 1.165) is 74.6 Å². The SMILES string of the molecule is CCCCOc1ccccc1-c1cc2cc3ccc(cc4nc(cc5nc(cc1[nH]2)C=C5)C=C4)[nH]3.[Cu]. The summed E-state index contributed by atoms with van der Waals surface area (Å²) >= 11 is 0. The number of unbranched alkanes of at least 4 members (excludes halogenated alkanes) is 1. The number of ether oxygens (including phenoxy) is 1. The normalized spacial score (nSPS) is 11.9. The Morgan fingerprint density at radius 1 is 0.667 bits per heavy atom. The fourth-order valence-electron chi connectivity index (χ4n) is 4.38. The average molecular weight is 522 g/mol. The van der Waals surface area contributed by atoms with Gasteiger partial charge in [-0.15, -0.1) is 0 Å². The fourth-order valence-corrected chi connectivity index (χ4v) is 4.38. The zero-order valence-electron chi connectivity index (χ0n) is 19.9. The number of rotatable bonds is 5. The van der Waals surface area contributed by atoms with Gasteiger partial charge < -0.3 is 14.7 Å². The number of H-pyrrole nitrogens is 2. The number of aromatic nitrogens is 4. The van der Waals surface area contributed by atoms with E-state index >= 15 is 0 Å². The predicted molar refractivity (Wildman–Crippen MR) is 145 cm³/mol. The van der Waals surface area contributed by atoms with Gasteiger partial charge in [-0.25, -0.2) is 9.97 Å². The molecule has 5 nitrogen and oxygen atoms in total. The molecule has 4 aromatic rings. The summed E-state index contributed by atoms with van der Waals surface area (Å²) in [5.74, 6) is 0.895. The van der Waals surface area contributed by atoms with Gasteiger partial charge in [-0.3, -0.25) is 0 Å². The first-order valence-corrected chi connectivity index (χ1v) is 12.0. The maximum atomic E-state index is 6.16. The summed E-state index contributed by atoms with van der Waals surface area (Å²) in [6, 6.07) is 22.8. The molecule has 5 heterocycles. The summed E-state index contributed by atoms with van der Waals surface area (Å²) in [7, 11) is 0. The quantitative estimate of drug-likeness (QED) is 0.182. The third kappa shape index (κ3) is 5.06. The van der Waals surface area contributed by atoms with E-state index in [1.807, 2.05) is 48.6 Å². The molecule has 8 bridgehead atoms. The van der Waals surface area contributed by atoms with Gasteiger partial charge in [0.2, 0.25) is 0 Å². The molecule has 0 aliphatic carbocycles. The standard InChI is InChI=1S/C30H26N4O.Cu/c1-2-3-14-35-30-7-5-4-6-27(30)28-18-26-17-24-11-10-22(32-24)15-20-8-9-21(31-20)16-23-12-13-25(33-23)19-29(28)34-26;/h4-13,15-19,32,34H,2-3,14H2,1H3;. The van der Waals surface area contributed by atoms with Gasteiger partial charge in [0.05, 0.1) is 29.4 Å². The van der Waals surface area contributed by atoms with Crippen LogP contribution in [0.15, 0.2) is 66.7 Å². The average Bonchev–Trinajstić information content (AvgIpc) is 3.65. The van der Waals surface area contributed by atoms with Crippen molar-refractivity contribution in [3.63, 3.8) is 0 Å². The van der Waals surface area contributed by atoms with Crippen molar-refractivity contribution in [2.24, 2.45) is 0 Å². The number of para-hydroxylation sites is 1. The molecule has 0 saturated heterocycles. The smallest absolute Gasteiger partial charge is 0.127 e. The van der Waals surface area contributed by atoms with Gasteiger partial charge in [-0.1, -0.05) is 31.5 Å². The summed E-state index contributed by atoms with van der Waals surface area (Å²) in [5, 5.41) is 0. The maximum absolute atomic E-state index is 6.16. The van der Waals surface area contributed by atoms with Crippen LogP contribution in [0.4, 0.5) is 0 Å². The molecule has 0 spiro atoms. The van der Waals surface area contributed by atoms with E-state index in [-0.39, 0.29) is 17.1 Å². The minimum absolute atomic E-state index is 0. The van der Waals surface area contributed by atoms with Crippen LogP contribution in [-0.4, -0.2) is 26.5 Å². The van der Waals surface area contributed by atoms with Crippen molar-refractivity contribution in [1.82, 2.24) is 19.9 Å². The molecule has 36 heavy (non-hydrogen) atoms. The fraction of sp³-hybridized carbons (Fsp3) is 0.133. The van der Waals surface area contributed by atoms with Gasteiger partial charge in [0.15, 0.2) is 0 Å². The molecule has 2 N–H and O–H groups in total. The van der Waals surface area contributed by atoms with E-state index in [0.29, 0.717) is 6.61 Å². The Morgan fingerprint density at radius 3 is 2.08 bits per heavy atom. The van der Waals surface area contributed by atoms with E-state index in [1.165, 1.54) is 0 Å². The maximum Gasteiger partial charge on any atom is 0.127 e. The zero-order chi connectivity index (χ0) is 23.6. The topological polar surface area (TPSA) is 66.6 Å². The molecule has 183 valence electrons. The number of aromatic amines is 2. The summed E-state index contributed by atoms with van der Waals surface area (Å²) < 4.78 is 6.16. The van der Waals surface area contributed by atoms with E-state index < -0.39 is 0 Å². The molecule has 0 amide bonds. The molecule has 1 radical (unpaired) electrons. The van der Waals surface area contributed by atoms with E-state index in [1.54, 1.807) is 0 Å². The van der Waals surface area contributed by atoms with Crippen molar-refractivity contribution in [2.45, 2.75) is 19.8 Å². The van der Waals surface area contributed by atoms with Crippen molar-refractivity contribution in [1.29, 1.82) is 0 Å². The zero-order valence-corrected chi connectivity index (χ0v) is 20.8. The number of nitrogens with one attached hydrogen (secondary N) is 2. The summed E-state index contributed by atoms with van der Waals surface area (Å²) in [6.45, 7) is 2.88. The van der Waals surface area contributed by atoms with Crippen molar-refractivity contribution >= 4 is 46.4 Å². The Labute approximate surface area is 220 Å². The first-order valence-electron chi connectivity index (χ1n) is 12.0. The second kappa shape index (κ2) is 10.4. The molecule has 2 aliphatic rings. The Hall–Kier alpha value is -3.86. The van der Waals surface area contributed by atoms with Gasteiger partial charge in [-0.05, 0) is 79.3 Å². The van der Waals surface area contributed by atoms with Crippen LogP contribution in [0.5, 0.6) is 5.75 Å². The predicted octanol–water partition coefficient (Wildman–Crippen LogP) is 7.50. The van der Waals surface area contributed by atoms with Crippen molar-refractivity contribution in [3.05, 3.63) is 89.5 Å². The van der Waals surface area contributed by atoms with Gasteiger partial charge >= 0.3 is 0 Å². The van der Waals surface area contributed by atoms with E-state index in [2.05, 4.69) is 59.4 Å². The van der Waals surface area contributed by atoms with Crippen LogP contribution in [0.2, 0.25) is 0 Å². The Bertz CT molecular complexity index is 1630. The summed E-state index contributed by atoms with van der Waals surface area (Å²) in [6.07, 6.45) is 10.2. The second-order valence-corrected chi connectivity index (χ2v) is 8.79. The molecule has 1 aromatic carbocycles. The van der Waals surface area contributed by atoms with Crippen LogP contribution in [0.25, 0.3) is 57.5 Å². The van der Waals surface area contributed by atoms with Crippen LogP contribution in [0.1, 0.15) is 42.5 Å². The largest absolute Gasteiger partial charge is 0.493 e. The Balaban J connectivity index is 0.00000267. The number of hydrogen-bond donors (Lipinski definition) is 2. The van der Waals surface area contributed by atoms with E-state index in [4.69, 9.17) is 14.7 Å². The molecule has 0 atom stereocenters. The summed E-state index contributed by atoms with van der Waals surface area (Å²) in [4.78, 5) is 16.6. The monoisotopic (exact) mass is 521 g/mol. The van der Waals surface area contributed by atoms with Crippen molar-refractivity contribution < 1.29 is 21.8 Å². The third-order valence-electron chi connectivity index (χ3n) is 6.10. The van der Waals surface area contributed by atoms with Crippen LogP contribution < -0.4 is 4.74 Å². The molecule has 0 unspecified atom stereocenters. The second-order valence-electron chi connectivity index (χ2n) is 8.79. The van der Waals surface area contributed by atoms with Crippen LogP contribution in [0, 0.1) is 0 Å². The van der Waals surface area contributed by atoms with Crippen LogP contribution in [0.3, 0.4) is 0 Å². The van der Waals surface area contributed by atoms with Crippen LogP contribution in [-0.2, 0) is 17.1 Å². The number of benzene rings is 1. The molecule has 3 aromatic heterocycles.